The minimum atomic E-state index is -0.487. The predicted molar refractivity (Wildman–Crippen MR) is 111 cm³/mol. The van der Waals surface area contributed by atoms with E-state index in [2.05, 4.69) is 20.9 Å². The molecular weight excluding hydrogens is 360 g/mol. The fourth-order valence-electron chi connectivity index (χ4n) is 2.23. The molecule has 8 heteroatoms. The van der Waals surface area contributed by atoms with Crippen LogP contribution in [0.2, 0.25) is 0 Å². The van der Waals surface area contributed by atoms with Crippen LogP contribution in [0.25, 0.3) is 0 Å². The zero-order valence-corrected chi connectivity index (χ0v) is 17.7. The SMILES string of the molecule is CCOCCCNC(=NCCCNC(=O)OC(C)(C)C)NCCc1ccco1. The molecule has 0 radical (unpaired) electrons. The topological polar surface area (TPSA) is 97.1 Å². The maximum atomic E-state index is 11.6. The molecule has 1 rings (SSSR count). The van der Waals surface area contributed by atoms with E-state index < -0.39 is 11.7 Å². The van der Waals surface area contributed by atoms with Crippen LogP contribution in [0, 0.1) is 0 Å². The summed E-state index contributed by atoms with van der Waals surface area (Å²) in [5.41, 5.74) is -0.487. The first-order valence-corrected chi connectivity index (χ1v) is 10.00. The van der Waals surface area contributed by atoms with Gasteiger partial charge in [0.2, 0.25) is 0 Å². The van der Waals surface area contributed by atoms with E-state index in [1.807, 2.05) is 39.8 Å². The molecule has 0 spiro atoms. The van der Waals surface area contributed by atoms with Gasteiger partial charge in [0.25, 0.3) is 0 Å². The molecule has 1 aromatic rings. The van der Waals surface area contributed by atoms with Crippen molar-refractivity contribution in [2.45, 2.75) is 52.6 Å². The molecule has 1 aromatic heterocycles. The Morgan fingerprint density at radius 2 is 1.89 bits per heavy atom. The van der Waals surface area contributed by atoms with E-state index in [1.54, 1.807) is 6.26 Å². The van der Waals surface area contributed by atoms with Gasteiger partial charge in [-0.25, -0.2) is 4.79 Å². The highest BCUT2D eigenvalue weighted by molar-refractivity contribution is 5.79. The lowest BCUT2D eigenvalue weighted by Crippen LogP contribution is -2.39. The van der Waals surface area contributed by atoms with Gasteiger partial charge in [0.15, 0.2) is 5.96 Å². The van der Waals surface area contributed by atoms with Crippen LogP contribution in [0.5, 0.6) is 0 Å². The normalized spacial score (nSPS) is 11.9. The van der Waals surface area contributed by atoms with Crippen LogP contribution < -0.4 is 16.0 Å². The molecule has 0 aliphatic rings. The van der Waals surface area contributed by atoms with E-state index in [9.17, 15) is 4.79 Å². The minimum absolute atomic E-state index is 0.401. The minimum Gasteiger partial charge on any atom is -0.469 e. The van der Waals surface area contributed by atoms with Gasteiger partial charge in [0.05, 0.1) is 6.26 Å². The van der Waals surface area contributed by atoms with Crippen molar-refractivity contribution >= 4 is 12.1 Å². The van der Waals surface area contributed by atoms with Crippen LogP contribution in [-0.2, 0) is 15.9 Å². The van der Waals surface area contributed by atoms with E-state index in [1.165, 1.54) is 0 Å². The number of aliphatic imine (C=N–C) groups is 1. The summed E-state index contributed by atoms with van der Waals surface area (Å²) in [6, 6.07) is 3.84. The van der Waals surface area contributed by atoms with Crippen molar-refractivity contribution in [1.29, 1.82) is 0 Å². The third-order valence-electron chi connectivity index (χ3n) is 3.48. The molecule has 0 aliphatic heterocycles. The summed E-state index contributed by atoms with van der Waals surface area (Å²) in [6.45, 7) is 11.6. The van der Waals surface area contributed by atoms with Crippen LogP contribution in [0.3, 0.4) is 0 Å². The lowest BCUT2D eigenvalue weighted by Gasteiger charge is -2.19. The van der Waals surface area contributed by atoms with Crippen LogP contribution >= 0.6 is 0 Å². The number of alkyl carbamates (subject to hydrolysis) is 1. The summed E-state index contributed by atoms with van der Waals surface area (Å²) >= 11 is 0. The van der Waals surface area contributed by atoms with Crippen molar-refractivity contribution in [3.8, 4) is 0 Å². The van der Waals surface area contributed by atoms with Gasteiger partial charge >= 0.3 is 6.09 Å². The van der Waals surface area contributed by atoms with Gasteiger partial charge in [-0.2, -0.15) is 0 Å². The zero-order chi connectivity index (χ0) is 20.7. The fraction of sp³-hybridized carbons (Fsp3) is 0.700. The van der Waals surface area contributed by atoms with E-state index in [0.29, 0.717) is 13.1 Å². The van der Waals surface area contributed by atoms with E-state index >= 15 is 0 Å². The molecule has 0 aromatic carbocycles. The molecule has 28 heavy (non-hydrogen) atoms. The number of nitrogens with one attached hydrogen (secondary N) is 3. The number of amides is 1. The molecule has 0 unspecified atom stereocenters. The first kappa shape index (κ1) is 23.8. The number of hydrogen-bond acceptors (Lipinski definition) is 5. The molecule has 0 fully saturated rings. The summed E-state index contributed by atoms with van der Waals surface area (Å²) < 4.78 is 15.9. The number of nitrogens with zero attached hydrogens (tertiary/aromatic N) is 1. The molecule has 160 valence electrons. The van der Waals surface area contributed by atoms with Crippen molar-refractivity contribution in [2.24, 2.45) is 4.99 Å². The average molecular weight is 397 g/mol. The molecule has 8 nitrogen and oxygen atoms in total. The number of furan rings is 1. The smallest absolute Gasteiger partial charge is 0.407 e. The Morgan fingerprint density at radius 3 is 2.57 bits per heavy atom. The lowest BCUT2D eigenvalue weighted by molar-refractivity contribution is 0.0527. The molecule has 1 amide bonds. The third-order valence-corrected chi connectivity index (χ3v) is 3.48. The molecule has 1 heterocycles. The summed E-state index contributed by atoms with van der Waals surface area (Å²) in [4.78, 5) is 16.2. The molecule has 0 saturated carbocycles. The number of guanidine groups is 1. The third kappa shape index (κ3) is 13.0. The Balaban J connectivity index is 2.31. The molecule has 0 saturated heterocycles. The molecular formula is C20H36N4O4. The highest BCUT2D eigenvalue weighted by Gasteiger charge is 2.15. The number of carbonyl (C=O) groups excluding carboxylic acids is 1. The predicted octanol–water partition coefficient (Wildman–Crippen LogP) is 2.70. The lowest BCUT2D eigenvalue weighted by atomic mass is 10.2. The van der Waals surface area contributed by atoms with Crippen molar-refractivity contribution < 1.29 is 18.7 Å². The number of carbonyl (C=O) groups is 1. The second kappa shape index (κ2) is 13.9. The van der Waals surface area contributed by atoms with Gasteiger partial charge in [-0.05, 0) is 52.7 Å². The highest BCUT2D eigenvalue weighted by atomic mass is 16.6. The van der Waals surface area contributed by atoms with Crippen molar-refractivity contribution in [1.82, 2.24) is 16.0 Å². The van der Waals surface area contributed by atoms with E-state index in [-0.39, 0.29) is 0 Å². The number of hydrogen-bond donors (Lipinski definition) is 3. The molecule has 0 aliphatic carbocycles. The number of ether oxygens (including phenoxy) is 2. The van der Waals surface area contributed by atoms with Crippen LogP contribution in [0.1, 0.15) is 46.3 Å². The fourth-order valence-corrected chi connectivity index (χ4v) is 2.23. The summed E-state index contributed by atoms with van der Waals surface area (Å²) in [5, 5.41) is 9.35. The number of rotatable bonds is 12. The summed E-state index contributed by atoms with van der Waals surface area (Å²) in [7, 11) is 0. The van der Waals surface area contributed by atoms with E-state index in [4.69, 9.17) is 13.9 Å². The Labute approximate surface area is 168 Å². The van der Waals surface area contributed by atoms with Crippen molar-refractivity contribution in [3.05, 3.63) is 24.2 Å². The summed E-state index contributed by atoms with van der Waals surface area (Å²) in [6.07, 6.45) is 3.69. The maximum absolute atomic E-state index is 11.6. The van der Waals surface area contributed by atoms with Gasteiger partial charge in [0, 0.05) is 45.8 Å². The van der Waals surface area contributed by atoms with Gasteiger partial charge in [-0.1, -0.05) is 0 Å². The maximum Gasteiger partial charge on any atom is 0.407 e. The molecule has 0 bridgehead atoms. The highest BCUT2D eigenvalue weighted by Crippen LogP contribution is 2.06. The zero-order valence-electron chi connectivity index (χ0n) is 17.7. The monoisotopic (exact) mass is 396 g/mol. The van der Waals surface area contributed by atoms with Crippen LogP contribution in [-0.4, -0.2) is 57.0 Å². The Bertz CT molecular complexity index is 553. The first-order valence-electron chi connectivity index (χ1n) is 10.00. The first-order chi connectivity index (χ1) is 13.4. The standard InChI is InChI=1S/C20H36N4O4/c1-5-26-15-8-13-22-18(23-14-10-17-9-6-16-27-17)21-11-7-12-24-19(25)28-20(2,3)4/h6,9,16H,5,7-8,10-15H2,1-4H3,(H,24,25)(H2,21,22,23). The van der Waals surface area contributed by atoms with Gasteiger partial charge in [0.1, 0.15) is 11.4 Å². The Hall–Kier alpha value is -2.22. The Morgan fingerprint density at radius 1 is 1.14 bits per heavy atom. The molecule has 0 atom stereocenters. The average Bonchev–Trinajstić information content (AvgIpc) is 3.12. The second-order valence-corrected chi connectivity index (χ2v) is 7.25. The van der Waals surface area contributed by atoms with E-state index in [0.717, 1.165) is 57.3 Å². The summed E-state index contributed by atoms with van der Waals surface area (Å²) in [5.74, 6) is 1.69. The quantitative estimate of drug-likeness (QED) is 0.286. The van der Waals surface area contributed by atoms with Gasteiger partial charge in [-0.15, -0.1) is 0 Å². The second-order valence-electron chi connectivity index (χ2n) is 7.25. The largest absolute Gasteiger partial charge is 0.469 e. The van der Waals surface area contributed by atoms with Gasteiger partial charge < -0.3 is 29.8 Å². The van der Waals surface area contributed by atoms with Crippen LogP contribution in [0.15, 0.2) is 27.8 Å². The Kier molecular flexibility index (Phi) is 11.8. The van der Waals surface area contributed by atoms with Crippen molar-refractivity contribution in [2.75, 3.05) is 39.4 Å². The van der Waals surface area contributed by atoms with Crippen LogP contribution in [0.4, 0.5) is 4.79 Å². The van der Waals surface area contributed by atoms with Gasteiger partial charge in [-0.3, -0.25) is 4.99 Å². The molecule has 3 N–H and O–H groups in total. The van der Waals surface area contributed by atoms with Crippen molar-refractivity contribution in [3.63, 3.8) is 0 Å².